The third kappa shape index (κ3) is 10.2. The van der Waals surface area contributed by atoms with Crippen molar-refractivity contribution < 1.29 is 23.9 Å². The first-order valence-electron chi connectivity index (χ1n) is 7.66. The molecular weight excluding hydrogens is 348 g/mol. The lowest BCUT2D eigenvalue weighted by atomic mass is 10.1. The number of benzene rings is 1. The number of primary amides is 1. The highest BCUT2D eigenvalue weighted by Crippen LogP contribution is 2.08. The quantitative estimate of drug-likeness (QED) is 0.714. The van der Waals surface area contributed by atoms with Gasteiger partial charge in [-0.25, -0.2) is 4.79 Å². The molecule has 1 aromatic carbocycles. The first-order valence-corrected chi connectivity index (χ1v) is 7.66. The van der Waals surface area contributed by atoms with Gasteiger partial charge in [-0.15, -0.1) is 12.4 Å². The van der Waals surface area contributed by atoms with Gasteiger partial charge in [-0.05, 0) is 32.8 Å². The summed E-state index contributed by atoms with van der Waals surface area (Å²) in [7, 11) is 0. The number of esters is 1. The molecule has 0 aliphatic heterocycles. The molecule has 0 unspecified atom stereocenters. The highest BCUT2D eigenvalue weighted by atomic mass is 35.5. The van der Waals surface area contributed by atoms with Crippen LogP contribution in [0.4, 0.5) is 4.79 Å². The number of halogens is 1. The lowest BCUT2D eigenvalue weighted by molar-refractivity contribution is -0.145. The SMILES string of the molecule is CC(C)(C)OC(=O)N[C@H](CCC(=O)OCc1ccccc1)C(N)=O.Cl. The number of nitrogens with two attached hydrogens (primary N) is 1. The number of carbonyl (C=O) groups is 3. The van der Waals surface area contributed by atoms with E-state index in [2.05, 4.69) is 5.32 Å². The molecule has 0 radical (unpaired) electrons. The summed E-state index contributed by atoms with van der Waals surface area (Å²) < 4.78 is 10.2. The van der Waals surface area contributed by atoms with E-state index < -0.39 is 29.6 Å². The van der Waals surface area contributed by atoms with E-state index in [0.29, 0.717) is 0 Å². The molecule has 0 aliphatic carbocycles. The van der Waals surface area contributed by atoms with Crippen LogP contribution >= 0.6 is 12.4 Å². The summed E-state index contributed by atoms with van der Waals surface area (Å²) in [6.45, 7) is 5.26. The molecule has 0 heterocycles. The van der Waals surface area contributed by atoms with Gasteiger partial charge in [0.05, 0.1) is 0 Å². The molecule has 140 valence electrons. The Hall–Kier alpha value is -2.28. The number of carbonyl (C=O) groups excluding carboxylic acids is 3. The average Bonchev–Trinajstić information content (AvgIpc) is 2.48. The smallest absolute Gasteiger partial charge is 0.408 e. The Bertz CT molecular complexity index is 572. The number of hydrogen-bond donors (Lipinski definition) is 2. The van der Waals surface area contributed by atoms with Crippen molar-refractivity contribution in [1.29, 1.82) is 0 Å². The molecule has 1 aromatic rings. The lowest BCUT2D eigenvalue weighted by Gasteiger charge is -2.22. The van der Waals surface area contributed by atoms with E-state index >= 15 is 0 Å². The van der Waals surface area contributed by atoms with E-state index in [1.807, 2.05) is 30.3 Å². The van der Waals surface area contributed by atoms with Crippen LogP contribution in [-0.2, 0) is 25.7 Å². The Balaban J connectivity index is 0.00000576. The highest BCUT2D eigenvalue weighted by molar-refractivity contribution is 5.85. The van der Waals surface area contributed by atoms with Crippen LogP contribution in [0.15, 0.2) is 30.3 Å². The molecule has 0 saturated carbocycles. The third-order valence-electron chi connectivity index (χ3n) is 2.91. The van der Waals surface area contributed by atoms with Gasteiger partial charge in [0.1, 0.15) is 18.2 Å². The van der Waals surface area contributed by atoms with Crippen molar-refractivity contribution in [3.05, 3.63) is 35.9 Å². The maximum absolute atomic E-state index is 11.7. The van der Waals surface area contributed by atoms with Crippen molar-refractivity contribution in [2.75, 3.05) is 0 Å². The standard InChI is InChI=1S/C17H24N2O5.ClH/c1-17(2,3)24-16(22)19-13(15(18)21)9-10-14(20)23-11-12-7-5-4-6-8-12;/h4-8,13H,9-11H2,1-3H3,(H2,18,21)(H,19,22);1H/t13-;/m1./s1. The minimum atomic E-state index is -0.996. The molecule has 3 N–H and O–H groups in total. The second-order valence-corrected chi connectivity index (χ2v) is 6.29. The van der Waals surface area contributed by atoms with E-state index in [9.17, 15) is 14.4 Å². The van der Waals surface area contributed by atoms with Crippen LogP contribution in [0.25, 0.3) is 0 Å². The number of alkyl carbamates (subject to hydrolysis) is 1. The van der Waals surface area contributed by atoms with Crippen molar-refractivity contribution in [1.82, 2.24) is 5.32 Å². The third-order valence-corrected chi connectivity index (χ3v) is 2.91. The zero-order valence-electron chi connectivity index (χ0n) is 14.6. The second-order valence-electron chi connectivity index (χ2n) is 6.29. The Labute approximate surface area is 153 Å². The molecule has 0 saturated heterocycles. The first-order chi connectivity index (χ1) is 11.2. The molecule has 0 aliphatic rings. The fourth-order valence-corrected chi connectivity index (χ4v) is 1.81. The zero-order chi connectivity index (χ0) is 18.2. The van der Waals surface area contributed by atoms with Crippen LogP contribution in [-0.4, -0.2) is 29.6 Å². The van der Waals surface area contributed by atoms with Gasteiger partial charge in [-0.2, -0.15) is 0 Å². The van der Waals surface area contributed by atoms with Crippen molar-refractivity contribution in [2.24, 2.45) is 5.73 Å². The van der Waals surface area contributed by atoms with Gasteiger partial charge >= 0.3 is 12.1 Å². The van der Waals surface area contributed by atoms with Gasteiger partial charge < -0.3 is 20.5 Å². The predicted octanol–water partition coefficient (Wildman–Crippen LogP) is 2.31. The summed E-state index contributed by atoms with van der Waals surface area (Å²) in [5.41, 5.74) is 5.41. The Morgan fingerprint density at radius 3 is 2.28 bits per heavy atom. The molecular formula is C17H25ClN2O5. The fraction of sp³-hybridized carbons (Fsp3) is 0.471. The van der Waals surface area contributed by atoms with Gasteiger partial charge in [0.15, 0.2) is 0 Å². The van der Waals surface area contributed by atoms with E-state index in [4.69, 9.17) is 15.2 Å². The van der Waals surface area contributed by atoms with Gasteiger partial charge in [0.25, 0.3) is 0 Å². The second kappa shape index (κ2) is 10.6. The maximum Gasteiger partial charge on any atom is 0.408 e. The summed E-state index contributed by atoms with van der Waals surface area (Å²) in [6.07, 6.45) is -0.762. The summed E-state index contributed by atoms with van der Waals surface area (Å²) >= 11 is 0. The Morgan fingerprint density at radius 1 is 1.16 bits per heavy atom. The van der Waals surface area contributed by atoms with E-state index in [1.165, 1.54) is 0 Å². The Kier molecular flexibility index (Phi) is 9.59. The van der Waals surface area contributed by atoms with Crippen molar-refractivity contribution >= 4 is 30.4 Å². The van der Waals surface area contributed by atoms with Crippen molar-refractivity contribution in [2.45, 2.75) is 51.9 Å². The van der Waals surface area contributed by atoms with Gasteiger partial charge in [0.2, 0.25) is 5.91 Å². The van der Waals surface area contributed by atoms with E-state index in [0.717, 1.165) is 5.56 Å². The monoisotopic (exact) mass is 372 g/mol. The maximum atomic E-state index is 11.7. The minimum Gasteiger partial charge on any atom is -0.461 e. The first kappa shape index (κ1) is 22.7. The van der Waals surface area contributed by atoms with Crippen LogP contribution in [0, 0.1) is 0 Å². The average molecular weight is 373 g/mol. The molecule has 8 heteroatoms. The number of amides is 2. The molecule has 2 amide bonds. The largest absolute Gasteiger partial charge is 0.461 e. The van der Waals surface area contributed by atoms with Crippen LogP contribution in [0.2, 0.25) is 0 Å². The molecule has 0 spiro atoms. The fourth-order valence-electron chi connectivity index (χ4n) is 1.81. The molecule has 1 atom stereocenters. The van der Waals surface area contributed by atoms with Gasteiger partial charge in [-0.3, -0.25) is 9.59 Å². The molecule has 0 aromatic heterocycles. The number of hydrogen-bond acceptors (Lipinski definition) is 5. The number of nitrogens with one attached hydrogen (secondary N) is 1. The molecule has 25 heavy (non-hydrogen) atoms. The summed E-state index contributed by atoms with van der Waals surface area (Å²) in [6, 6.07) is 8.23. The number of rotatable bonds is 7. The molecule has 0 fully saturated rings. The highest BCUT2D eigenvalue weighted by Gasteiger charge is 2.23. The van der Waals surface area contributed by atoms with Gasteiger partial charge in [0, 0.05) is 6.42 Å². The summed E-state index contributed by atoms with van der Waals surface area (Å²) in [4.78, 5) is 34.8. The normalized spacial score (nSPS) is 11.6. The summed E-state index contributed by atoms with van der Waals surface area (Å²) in [5.74, 6) is -1.21. The molecule has 0 bridgehead atoms. The van der Waals surface area contributed by atoms with E-state index in [-0.39, 0.29) is 31.9 Å². The van der Waals surface area contributed by atoms with Crippen LogP contribution < -0.4 is 11.1 Å². The molecule has 7 nitrogen and oxygen atoms in total. The predicted molar refractivity (Wildman–Crippen MR) is 95.1 cm³/mol. The van der Waals surface area contributed by atoms with Gasteiger partial charge in [-0.1, -0.05) is 30.3 Å². The van der Waals surface area contributed by atoms with Crippen LogP contribution in [0.3, 0.4) is 0 Å². The van der Waals surface area contributed by atoms with Crippen LogP contribution in [0.5, 0.6) is 0 Å². The minimum absolute atomic E-state index is 0. The van der Waals surface area contributed by atoms with Crippen molar-refractivity contribution in [3.63, 3.8) is 0 Å². The number of ether oxygens (including phenoxy) is 2. The zero-order valence-corrected chi connectivity index (χ0v) is 15.4. The Morgan fingerprint density at radius 2 is 1.76 bits per heavy atom. The molecule has 1 rings (SSSR count). The van der Waals surface area contributed by atoms with E-state index in [1.54, 1.807) is 20.8 Å². The topological polar surface area (TPSA) is 108 Å². The summed E-state index contributed by atoms with van der Waals surface area (Å²) in [5, 5.41) is 2.36. The van der Waals surface area contributed by atoms with Crippen LogP contribution in [0.1, 0.15) is 39.2 Å². The van der Waals surface area contributed by atoms with Crippen molar-refractivity contribution in [3.8, 4) is 0 Å². The lowest BCUT2D eigenvalue weighted by Crippen LogP contribution is -2.46.